The summed E-state index contributed by atoms with van der Waals surface area (Å²) < 4.78 is 22.9. The van der Waals surface area contributed by atoms with Crippen molar-refractivity contribution in [3.05, 3.63) is 12.2 Å². The Morgan fingerprint density at radius 1 is 0.422 bits per heavy atom. The van der Waals surface area contributed by atoms with Gasteiger partial charge in [0, 0.05) is 6.42 Å². The van der Waals surface area contributed by atoms with E-state index >= 15 is 0 Å². The van der Waals surface area contributed by atoms with Crippen molar-refractivity contribution >= 4 is 5.91 Å². The summed E-state index contributed by atoms with van der Waals surface area (Å²) in [6.45, 7) is 2.86. The summed E-state index contributed by atoms with van der Waals surface area (Å²) in [7, 11) is 0. The Morgan fingerprint density at radius 3 is 1.11 bits per heavy atom. The minimum absolute atomic E-state index is 0.231. The molecule has 2 aliphatic rings. The Hall–Kier alpha value is -1.27. The lowest BCUT2D eigenvalue weighted by atomic mass is 9.97. The molecule has 0 radical (unpaired) electrons. The molecule has 2 aliphatic heterocycles. The second-order valence-corrected chi connectivity index (χ2v) is 25.4. The monoisotopic (exact) mass is 1180 g/mol. The van der Waals surface area contributed by atoms with E-state index in [9.17, 15) is 45.6 Å². The molecule has 0 spiro atoms. The molecule has 2 heterocycles. The highest BCUT2D eigenvalue weighted by molar-refractivity contribution is 5.76. The molecule has 2 fully saturated rings. The van der Waals surface area contributed by atoms with E-state index in [0.717, 1.165) is 38.5 Å². The van der Waals surface area contributed by atoms with Crippen LogP contribution in [0, 0.1) is 0 Å². The molecule has 0 aliphatic carbocycles. The summed E-state index contributed by atoms with van der Waals surface area (Å²) in [4.78, 5) is 13.3. The normalized spacial score (nSPS) is 23.8. The van der Waals surface area contributed by atoms with E-state index in [1.807, 2.05) is 6.08 Å². The first kappa shape index (κ1) is 77.8. The Kier molecular flexibility index (Phi) is 51.4. The lowest BCUT2D eigenvalue weighted by Crippen LogP contribution is -2.65. The lowest BCUT2D eigenvalue weighted by molar-refractivity contribution is -0.359. The number of carbonyl (C=O) groups excluding carboxylic acids is 1. The first-order valence-corrected chi connectivity index (χ1v) is 35.4. The van der Waals surface area contributed by atoms with E-state index in [1.54, 1.807) is 6.08 Å². The molecule has 2 saturated heterocycles. The van der Waals surface area contributed by atoms with Crippen LogP contribution in [0.5, 0.6) is 0 Å². The van der Waals surface area contributed by atoms with Crippen LogP contribution in [0.2, 0.25) is 0 Å². The molecule has 0 aromatic rings. The first-order valence-electron chi connectivity index (χ1n) is 35.4. The number of aliphatic hydroxyl groups excluding tert-OH is 8. The molecule has 0 saturated carbocycles. The van der Waals surface area contributed by atoms with E-state index in [1.165, 1.54) is 263 Å². The standard InChI is InChI=1S/C69H133NO13/c1-3-5-7-9-11-13-15-17-19-21-23-25-26-27-28-29-30-31-33-34-36-38-40-42-44-46-48-50-52-58(73)57(56-80-68-66(79)64(77)67(60(55-72)82-68)83-69-65(78)63(76)62(75)59(54-71)81-69)70-61(74)53-51-49-47-45-43-41-39-37-35-32-24-22-20-18-16-14-12-10-8-6-4-2/h50,52,57-60,62-69,71-73,75-79H,3-49,51,53-56H2,1-2H3,(H,70,74)/b52-50+. The summed E-state index contributed by atoms with van der Waals surface area (Å²) in [5.41, 5.74) is 0. The van der Waals surface area contributed by atoms with Crippen LogP contribution in [-0.4, -0.2) is 140 Å². The number of aliphatic hydroxyl groups is 8. The fraction of sp³-hybridized carbons (Fsp3) is 0.957. The third-order valence-electron chi connectivity index (χ3n) is 17.7. The van der Waals surface area contributed by atoms with Crippen molar-refractivity contribution in [1.29, 1.82) is 0 Å². The fourth-order valence-corrected chi connectivity index (χ4v) is 12.1. The third kappa shape index (κ3) is 39.4. The minimum atomic E-state index is -1.79. The van der Waals surface area contributed by atoms with Crippen LogP contribution in [0.15, 0.2) is 12.2 Å². The predicted molar refractivity (Wildman–Crippen MR) is 337 cm³/mol. The number of rotatable bonds is 59. The summed E-state index contributed by atoms with van der Waals surface area (Å²) >= 11 is 0. The van der Waals surface area contributed by atoms with E-state index in [4.69, 9.17) is 18.9 Å². The highest BCUT2D eigenvalue weighted by Crippen LogP contribution is 2.30. The van der Waals surface area contributed by atoms with Crippen molar-refractivity contribution in [3.63, 3.8) is 0 Å². The number of carbonyl (C=O) groups is 1. The molecule has 0 aromatic heterocycles. The highest BCUT2D eigenvalue weighted by atomic mass is 16.7. The summed E-state index contributed by atoms with van der Waals surface area (Å²) in [6.07, 6.45) is 49.8. The smallest absolute Gasteiger partial charge is 0.220 e. The summed E-state index contributed by atoms with van der Waals surface area (Å²) in [6, 6.07) is -0.911. The number of allylic oxidation sites excluding steroid dienone is 1. The molecule has 83 heavy (non-hydrogen) atoms. The SMILES string of the molecule is CCCCCCCCCCCCCCCCCCCCCCCCCCCC/C=C/C(O)C(COC1OC(CO)C(OC2OC(CO)C(O)C(O)C2O)C(O)C1O)NC(=O)CCCCCCCCCCCCCCCCCCCCCCC. The third-order valence-corrected chi connectivity index (χ3v) is 17.7. The van der Waals surface area contributed by atoms with Crippen molar-refractivity contribution in [1.82, 2.24) is 5.32 Å². The van der Waals surface area contributed by atoms with Gasteiger partial charge in [-0.25, -0.2) is 0 Å². The summed E-state index contributed by atoms with van der Waals surface area (Å²) in [5, 5.41) is 87.4. The second kappa shape index (κ2) is 54.8. The van der Waals surface area contributed by atoms with Crippen molar-refractivity contribution in [3.8, 4) is 0 Å². The zero-order valence-corrected chi connectivity index (χ0v) is 53.5. The van der Waals surface area contributed by atoms with Gasteiger partial charge in [0.25, 0.3) is 0 Å². The topological polar surface area (TPSA) is 228 Å². The van der Waals surface area contributed by atoms with Crippen LogP contribution in [-0.2, 0) is 23.7 Å². The quantitative estimate of drug-likeness (QED) is 0.0204. The average Bonchev–Trinajstić information content (AvgIpc) is 3.65. The number of hydrogen-bond donors (Lipinski definition) is 9. The van der Waals surface area contributed by atoms with Gasteiger partial charge in [0.2, 0.25) is 5.91 Å². The Balaban J connectivity index is 1.68. The maximum atomic E-state index is 13.3. The highest BCUT2D eigenvalue weighted by Gasteiger charge is 2.51. The van der Waals surface area contributed by atoms with E-state index < -0.39 is 86.8 Å². The summed E-state index contributed by atoms with van der Waals surface area (Å²) in [5.74, 6) is -0.231. The number of ether oxygens (including phenoxy) is 4. The molecule has 9 N–H and O–H groups in total. The zero-order chi connectivity index (χ0) is 60.2. The van der Waals surface area contributed by atoms with E-state index in [-0.39, 0.29) is 18.9 Å². The number of unbranched alkanes of at least 4 members (excludes halogenated alkanes) is 46. The molecular weight excluding hydrogens is 1050 g/mol. The molecule has 14 nitrogen and oxygen atoms in total. The largest absolute Gasteiger partial charge is 0.394 e. The Bertz CT molecular complexity index is 1440. The van der Waals surface area contributed by atoms with Gasteiger partial charge in [-0.3, -0.25) is 4.79 Å². The molecule has 1 amide bonds. The van der Waals surface area contributed by atoms with Crippen molar-refractivity contribution < 1.29 is 64.6 Å². The van der Waals surface area contributed by atoms with Gasteiger partial charge in [-0.15, -0.1) is 0 Å². The van der Waals surface area contributed by atoms with Crippen LogP contribution in [0.3, 0.4) is 0 Å². The minimum Gasteiger partial charge on any atom is -0.394 e. The molecular formula is C69H133NO13. The lowest BCUT2D eigenvalue weighted by Gasteiger charge is -2.46. The van der Waals surface area contributed by atoms with E-state index in [0.29, 0.717) is 6.42 Å². The number of amides is 1. The van der Waals surface area contributed by atoms with Gasteiger partial charge < -0.3 is 65.1 Å². The van der Waals surface area contributed by atoms with Gasteiger partial charge in [-0.2, -0.15) is 0 Å². The Morgan fingerprint density at radius 2 is 0.747 bits per heavy atom. The van der Waals surface area contributed by atoms with Crippen LogP contribution < -0.4 is 5.32 Å². The van der Waals surface area contributed by atoms with Crippen LogP contribution in [0.25, 0.3) is 0 Å². The van der Waals surface area contributed by atoms with Gasteiger partial charge in [-0.1, -0.05) is 315 Å². The maximum Gasteiger partial charge on any atom is 0.220 e. The van der Waals surface area contributed by atoms with Crippen molar-refractivity contribution in [2.24, 2.45) is 0 Å². The predicted octanol–water partition coefficient (Wildman–Crippen LogP) is 14.2. The van der Waals surface area contributed by atoms with E-state index in [2.05, 4.69) is 19.2 Å². The van der Waals surface area contributed by atoms with Gasteiger partial charge in [0.1, 0.15) is 48.8 Å². The Labute approximate surface area is 507 Å². The number of hydrogen-bond acceptors (Lipinski definition) is 13. The maximum absolute atomic E-state index is 13.3. The first-order chi connectivity index (χ1) is 40.6. The molecule has 492 valence electrons. The number of nitrogens with one attached hydrogen (secondary N) is 1. The molecule has 12 unspecified atom stereocenters. The molecule has 0 bridgehead atoms. The van der Waals surface area contributed by atoms with Crippen LogP contribution in [0.4, 0.5) is 0 Å². The molecule has 2 rings (SSSR count). The van der Waals surface area contributed by atoms with Crippen molar-refractivity contribution in [2.45, 2.75) is 402 Å². The fourth-order valence-electron chi connectivity index (χ4n) is 12.1. The van der Waals surface area contributed by atoms with Gasteiger partial charge in [0.15, 0.2) is 12.6 Å². The van der Waals surface area contributed by atoms with Gasteiger partial charge >= 0.3 is 0 Å². The van der Waals surface area contributed by atoms with Crippen LogP contribution in [0.1, 0.15) is 328 Å². The molecule has 0 aromatic carbocycles. The second-order valence-electron chi connectivity index (χ2n) is 25.4. The molecule has 12 atom stereocenters. The van der Waals surface area contributed by atoms with Gasteiger partial charge in [0.05, 0.1) is 32.0 Å². The zero-order valence-electron chi connectivity index (χ0n) is 53.5. The molecule has 14 heteroatoms. The average molecular weight is 1180 g/mol. The van der Waals surface area contributed by atoms with Crippen LogP contribution >= 0.6 is 0 Å². The van der Waals surface area contributed by atoms with Gasteiger partial charge in [-0.05, 0) is 19.3 Å². The van der Waals surface area contributed by atoms with Crippen molar-refractivity contribution in [2.75, 3.05) is 19.8 Å².